The number of ether oxygens (including phenoxy) is 2. The van der Waals surface area contributed by atoms with Crippen molar-refractivity contribution in [2.45, 2.75) is 32.4 Å². The summed E-state index contributed by atoms with van der Waals surface area (Å²) in [7, 11) is 0. The van der Waals surface area contributed by atoms with Crippen molar-refractivity contribution in [2.75, 3.05) is 6.61 Å². The van der Waals surface area contributed by atoms with Gasteiger partial charge in [0.2, 0.25) is 0 Å². The zero-order chi connectivity index (χ0) is 19.6. The number of carbonyl (C=O) groups excluding carboxylic acids is 2. The summed E-state index contributed by atoms with van der Waals surface area (Å²) in [6.45, 7) is 1.93. The largest absolute Gasteiger partial charge is 0.476 e. The second-order valence-electron chi connectivity index (χ2n) is 5.48. The molecule has 2 rings (SSSR count). The summed E-state index contributed by atoms with van der Waals surface area (Å²) < 4.78 is 10.1. The van der Waals surface area contributed by atoms with Crippen molar-refractivity contribution in [3.63, 3.8) is 0 Å². The Morgan fingerprint density at radius 1 is 1.22 bits per heavy atom. The van der Waals surface area contributed by atoms with Gasteiger partial charge >= 0.3 is 18.0 Å². The minimum Gasteiger partial charge on any atom is -0.476 e. The third-order valence-corrected chi connectivity index (χ3v) is 4.40. The Morgan fingerprint density at radius 3 is 2.59 bits per heavy atom. The predicted molar refractivity (Wildman–Crippen MR) is 97.6 cm³/mol. The fourth-order valence-electron chi connectivity index (χ4n) is 2.19. The lowest BCUT2D eigenvalue weighted by Gasteiger charge is -2.16. The van der Waals surface area contributed by atoms with Gasteiger partial charge in [-0.1, -0.05) is 30.3 Å². The summed E-state index contributed by atoms with van der Waals surface area (Å²) in [6, 6.07) is 8.24. The highest BCUT2D eigenvalue weighted by Crippen LogP contribution is 2.13. The number of nitrogens with zero attached hydrogens (tertiary/aromatic N) is 1. The van der Waals surface area contributed by atoms with Gasteiger partial charge in [-0.2, -0.15) is 0 Å². The quantitative estimate of drug-likeness (QED) is 0.630. The molecule has 1 atom stereocenters. The predicted octanol–water partition coefficient (Wildman–Crippen LogP) is 2.63. The molecule has 0 radical (unpaired) electrons. The molecule has 0 aliphatic heterocycles. The van der Waals surface area contributed by atoms with Gasteiger partial charge in [-0.05, 0) is 18.9 Å². The molecule has 144 valence electrons. The normalized spacial score (nSPS) is 11.4. The molecule has 1 amide bonds. The highest BCUT2D eigenvalue weighted by atomic mass is 32.1. The van der Waals surface area contributed by atoms with Gasteiger partial charge in [0, 0.05) is 11.8 Å². The van der Waals surface area contributed by atoms with Crippen molar-refractivity contribution in [3.8, 4) is 0 Å². The molecule has 0 fully saturated rings. The maximum Gasteiger partial charge on any atom is 0.408 e. The van der Waals surface area contributed by atoms with Gasteiger partial charge < -0.3 is 19.9 Å². The van der Waals surface area contributed by atoms with E-state index in [9.17, 15) is 14.4 Å². The fraction of sp³-hybridized carbons (Fsp3) is 0.333. The number of carbonyl (C=O) groups is 3. The van der Waals surface area contributed by atoms with E-state index in [0.717, 1.165) is 5.56 Å². The van der Waals surface area contributed by atoms with E-state index in [2.05, 4.69) is 10.3 Å². The van der Waals surface area contributed by atoms with Crippen LogP contribution in [-0.4, -0.2) is 40.8 Å². The van der Waals surface area contributed by atoms with E-state index in [1.54, 1.807) is 6.92 Å². The van der Waals surface area contributed by atoms with Gasteiger partial charge in [0.1, 0.15) is 12.6 Å². The summed E-state index contributed by atoms with van der Waals surface area (Å²) in [5, 5.41) is 13.4. The average Bonchev–Trinajstić information content (AvgIpc) is 3.14. The Kier molecular flexibility index (Phi) is 7.75. The van der Waals surface area contributed by atoms with Crippen LogP contribution in [0.25, 0.3) is 0 Å². The molecule has 1 aromatic carbocycles. The lowest BCUT2D eigenvalue weighted by Crippen LogP contribution is -2.42. The van der Waals surface area contributed by atoms with Gasteiger partial charge in [-0.3, -0.25) is 0 Å². The van der Waals surface area contributed by atoms with Crippen molar-refractivity contribution >= 4 is 29.4 Å². The lowest BCUT2D eigenvalue weighted by atomic mass is 10.1. The van der Waals surface area contributed by atoms with Gasteiger partial charge in [-0.15, -0.1) is 11.3 Å². The van der Waals surface area contributed by atoms with Crippen LogP contribution in [0.3, 0.4) is 0 Å². The maximum absolute atomic E-state index is 12.1. The monoisotopic (exact) mass is 392 g/mol. The number of aromatic carboxylic acids is 1. The Morgan fingerprint density at radius 2 is 1.96 bits per heavy atom. The van der Waals surface area contributed by atoms with Gasteiger partial charge in [0.15, 0.2) is 5.69 Å². The number of esters is 1. The number of amides is 1. The Bertz CT molecular complexity index is 777. The molecule has 2 aromatic rings. The maximum atomic E-state index is 12.1. The van der Waals surface area contributed by atoms with Crippen molar-refractivity contribution in [2.24, 2.45) is 0 Å². The topological polar surface area (TPSA) is 115 Å². The molecule has 1 unspecified atom stereocenters. The number of alkyl carbamates (subject to hydrolysis) is 1. The van der Waals surface area contributed by atoms with Gasteiger partial charge in [0.05, 0.1) is 11.6 Å². The highest BCUT2D eigenvalue weighted by molar-refractivity contribution is 7.09. The van der Waals surface area contributed by atoms with E-state index in [-0.39, 0.29) is 25.3 Å². The average molecular weight is 392 g/mol. The van der Waals surface area contributed by atoms with E-state index in [1.807, 2.05) is 30.3 Å². The van der Waals surface area contributed by atoms with Crippen molar-refractivity contribution in [3.05, 3.63) is 52.0 Å². The molecule has 0 saturated heterocycles. The third-order valence-electron chi connectivity index (χ3n) is 3.49. The number of aromatic nitrogens is 1. The molecule has 1 aromatic heterocycles. The van der Waals surface area contributed by atoms with E-state index in [0.29, 0.717) is 11.4 Å². The lowest BCUT2D eigenvalue weighted by molar-refractivity contribution is -0.145. The molecule has 0 aliphatic carbocycles. The van der Waals surface area contributed by atoms with Gasteiger partial charge in [-0.25, -0.2) is 19.4 Å². The standard InChI is InChI=1S/C18H20N2O6S/c1-2-25-17(23)13(8-9-15-19-14(11-27-15)16(21)22)20-18(24)26-10-12-6-4-3-5-7-12/h3-7,11,13H,2,8-10H2,1H3,(H,20,24)(H,21,22). The number of rotatable bonds is 9. The second-order valence-corrected chi connectivity index (χ2v) is 6.42. The number of carboxylic acids is 1. The number of nitrogens with one attached hydrogen (secondary N) is 1. The fourth-order valence-corrected chi connectivity index (χ4v) is 2.98. The van der Waals surface area contributed by atoms with Crippen LogP contribution in [0.5, 0.6) is 0 Å². The summed E-state index contributed by atoms with van der Waals surface area (Å²) in [4.78, 5) is 38.9. The SMILES string of the molecule is CCOC(=O)C(CCc1nc(C(=O)O)cs1)NC(=O)OCc1ccccc1. The molecule has 0 saturated carbocycles. The van der Waals surface area contributed by atoms with Crippen LogP contribution < -0.4 is 5.32 Å². The summed E-state index contributed by atoms with van der Waals surface area (Å²) in [5.74, 6) is -1.69. The molecular weight excluding hydrogens is 372 g/mol. The zero-order valence-electron chi connectivity index (χ0n) is 14.7. The summed E-state index contributed by atoms with van der Waals surface area (Å²) in [6.07, 6.45) is -0.200. The molecule has 0 aliphatic rings. The van der Waals surface area contributed by atoms with E-state index < -0.39 is 24.1 Å². The van der Waals surface area contributed by atoms with Crippen molar-refractivity contribution < 1.29 is 29.0 Å². The smallest absolute Gasteiger partial charge is 0.408 e. The third kappa shape index (κ3) is 6.70. The van der Waals surface area contributed by atoms with Crippen LogP contribution >= 0.6 is 11.3 Å². The van der Waals surface area contributed by atoms with Crippen LogP contribution in [0.2, 0.25) is 0 Å². The van der Waals surface area contributed by atoms with Crippen molar-refractivity contribution in [1.82, 2.24) is 10.3 Å². The molecule has 0 spiro atoms. The van der Waals surface area contributed by atoms with E-state index >= 15 is 0 Å². The van der Waals surface area contributed by atoms with Gasteiger partial charge in [0.25, 0.3) is 0 Å². The van der Waals surface area contributed by atoms with Crippen molar-refractivity contribution in [1.29, 1.82) is 0 Å². The Labute approximate surface area is 160 Å². The summed E-state index contributed by atoms with van der Waals surface area (Å²) in [5.41, 5.74) is 0.780. The Balaban J connectivity index is 1.91. The molecular formula is C18H20N2O6S. The van der Waals surface area contributed by atoms with Crippen LogP contribution in [0.15, 0.2) is 35.7 Å². The van der Waals surface area contributed by atoms with E-state index in [1.165, 1.54) is 16.7 Å². The molecule has 9 heteroatoms. The minimum absolute atomic E-state index is 0.0436. The Hall–Kier alpha value is -2.94. The highest BCUT2D eigenvalue weighted by Gasteiger charge is 2.23. The number of aryl methyl sites for hydroxylation is 1. The van der Waals surface area contributed by atoms with Crippen LogP contribution in [0.1, 0.15) is 34.4 Å². The second kappa shape index (κ2) is 10.3. The van der Waals surface area contributed by atoms with E-state index in [4.69, 9.17) is 14.6 Å². The number of hydrogen-bond acceptors (Lipinski definition) is 7. The molecule has 27 heavy (non-hydrogen) atoms. The number of hydrogen-bond donors (Lipinski definition) is 2. The molecule has 8 nitrogen and oxygen atoms in total. The number of benzene rings is 1. The first-order valence-corrected chi connectivity index (χ1v) is 9.19. The molecule has 0 bridgehead atoms. The molecule has 2 N–H and O–H groups in total. The minimum atomic E-state index is -1.11. The molecule has 1 heterocycles. The van der Waals surface area contributed by atoms with Crippen LogP contribution in [0, 0.1) is 0 Å². The number of thiazole rings is 1. The number of carboxylic acid groups (broad SMARTS) is 1. The first-order valence-electron chi connectivity index (χ1n) is 8.31. The first kappa shape index (κ1) is 20.4. The van der Waals surface area contributed by atoms with Crippen LogP contribution in [0.4, 0.5) is 4.79 Å². The zero-order valence-corrected chi connectivity index (χ0v) is 15.5. The van der Waals surface area contributed by atoms with Crippen LogP contribution in [-0.2, 0) is 27.3 Å². The summed E-state index contributed by atoms with van der Waals surface area (Å²) >= 11 is 1.18. The first-order chi connectivity index (χ1) is 13.0.